The van der Waals surface area contributed by atoms with Crippen LogP contribution in [0.5, 0.6) is 0 Å². The Morgan fingerprint density at radius 3 is 2.92 bits per heavy atom. The van der Waals surface area contributed by atoms with E-state index in [2.05, 4.69) is 17.2 Å². The SMILES string of the molecule is C=CCOCC(NC(=O)CCC1Cc2ccccc2NC1=O)C(=O)O. The Bertz CT molecular complexity index is 659. The van der Waals surface area contributed by atoms with E-state index in [1.165, 1.54) is 6.08 Å². The van der Waals surface area contributed by atoms with Gasteiger partial charge in [0, 0.05) is 18.0 Å². The van der Waals surface area contributed by atoms with E-state index in [0.29, 0.717) is 12.8 Å². The third-order valence-electron chi connectivity index (χ3n) is 3.99. The molecule has 0 aliphatic carbocycles. The molecule has 0 saturated carbocycles. The summed E-state index contributed by atoms with van der Waals surface area (Å²) < 4.78 is 5.08. The number of carbonyl (C=O) groups excluding carboxylic acids is 2. The molecule has 0 radical (unpaired) electrons. The Labute approximate surface area is 146 Å². The molecule has 1 aromatic rings. The monoisotopic (exact) mass is 346 g/mol. The summed E-state index contributed by atoms with van der Waals surface area (Å²) in [6.07, 6.45) is 2.50. The number of ether oxygens (including phenoxy) is 1. The molecule has 2 atom stereocenters. The number of fused-ring (bicyclic) bond motifs is 1. The lowest BCUT2D eigenvalue weighted by Crippen LogP contribution is -2.44. The predicted molar refractivity (Wildman–Crippen MR) is 92.1 cm³/mol. The van der Waals surface area contributed by atoms with Crippen LogP contribution in [-0.2, 0) is 25.5 Å². The van der Waals surface area contributed by atoms with Crippen molar-refractivity contribution >= 4 is 23.5 Å². The molecule has 0 saturated heterocycles. The molecule has 1 heterocycles. The molecule has 2 unspecified atom stereocenters. The summed E-state index contributed by atoms with van der Waals surface area (Å²) >= 11 is 0. The first kappa shape index (κ1) is 18.7. The molecule has 7 heteroatoms. The number of hydrogen-bond donors (Lipinski definition) is 3. The lowest BCUT2D eigenvalue weighted by atomic mass is 9.89. The molecule has 7 nitrogen and oxygen atoms in total. The van der Waals surface area contributed by atoms with Crippen molar-refractivity contribution in [3.05, 3.63) is 42.5 Å². The zero-order valence-corrected chi connectivity index (χ0v) is 13.9. The first-order chi connectivity index (χ1) is 12.0. The highest BCUT2D eigenvalue weighted by Crippen LogP contribution is 2.27. The second kappa shape index (κ2) is 8.98. The second-order valence-electron chi connectivity index (χ2n) is 5.87. The van der Waals surface area contributed by atoms with Gasteiger partial charge in [0.25, 0.3) is 0 Å². The third-order valence-corrected chi connectivity index (χ3v) is 3.99. The van der Waals surface area contributed by atoms with Crippen molar-refractivity contribution < 1.29 is 24.2 Å². The molecule has 1 aromatic carbocycles. The van der Waals surface area contributed by atoms with Gasteiger partial charge in [-0.05, 0) is 24.5 Å². The molecule has 25 heavy (non-hydrogen) atoms. The average molecular weight is 346 g/mol. The number of aliphatic carboxylic acids is 1. The van der Waals surface area contributed by atoms with E-state index in [1.807, 2.05) is 24.3 Å². The van der Waals surface area contributed by atoms with E-state index < -0.39 is 17.9 Å². The van der Waals surface area contributed by atoms with Gasteiger partial charge in [0.15, 0.2) is 6.04 Å². The maximum absolute atomic E-state index is 12.1. The van der Waals surface area contributed by atoms with Crippen LogP contribution in [0, 0.1) is 5.92 Å². The van der Waals surface area contributed by atoms with Crippen LogP contribution in [0.15, 0.2) is 36.9 Å². The molecular weight excluding hydrogens is 324 g/mol. The Hall–Kier alpha value is -2.67. The number of carbonyl (C=O) groups is 3. The van der Waals surface area contributed by atoms with Crippen molar-refractivity contribution in [3.8, 4) is 0 Å². The summed E-state index contributed by atoms with van der Waals surface area (Å²) in [6, 6.07) is 6.43. The van der Waals surface area contributed by atoms with Crippen molar-refractivity contribution in [2.24, 2.45) is 5.92 Å². The van der Waals surface area contributed by atoms with Crippen LogP contribution < -0.4 is 10.6 Å². The zero-order chi connectivity index (χ0) is 18.2. The third kappa shape index (κ3) is 5.42. The maximum atomic E-state index is 12.1. The fourth-order valence-corrected chi connectivity index (χ4v) is 2.66. The number of carboxylic acids is 1. The van der Waals surface area contributed by atoms with Crippen molar-refractivity contribution in [2.75, 3.05) is 18.5 Å². The lowest BCUT2D eigenvalue weighted by molar-refractivity contribution is -0.143. The predicted octanol–water partition coefficient (Wildman–Crippen LogP) is 1.35. The van der Waals surface area contributed by atoms with E-state index >= 15 is 0 Å². The molecule has 0 spiro atoms. The van der Waals surface area contributed by atoms with Gasteiger partial charge in [-0.1, -0.05) is 24.3 Å². The normalized spacial score (nSPS) is 17.1. The number of anilines is 1. The summed E-state index contributed by atoms with van der Waals surface area (Å²) in [5.41, 5.74) is 1.84. The van der Waals surface area contributed by atoms with Gasteiger partial charge in [-0.3, -0.25) is 9.59 Å². The van der Waals surface area contributed by atoms with Crippen molar-refractivity contribution in [3.63, 3.8) is 0 Å². The van der Waals surface area contributed by atoms with Crippen LogP contribution in [0.1, 0.15) is 18.4 Å². The van der Waals surface area contributed by atoms with Gasteiger partial charge >= 0.3 is 5.97 Å². The Kier molecular flexibility index (Phi) is 6.71. The second-order valence-corrected chi connectivity index (χ2v) is 5.87. The number of carboxylic acid groups (broad SMARTS) is 1. The van der Waals surface area contributed by atoms with Crippen molar-refractivity contribution in [1.29, 1.82) is 0 Å². The van der Waals surface area contributed by atoms with Crippen LogP contribution in [0.3, 0.4) is 0 Å². The van der Waals surface area contributed by atoms with Gasteiger partial charge in [-0.2, -0.15) is 0 Å². The van der Waals surface area contributed by atoms with Crippen LogP contribution in [0.4, 0.5) is 5.69 Å². The first-order valence-electron chi connectivity index (χ1n) is 8.11. The zero-order valence-electron chi connectivity index (χ0n) is 13.9. The molecule has 3 N–H and O–H groups in total. The van der Waals surface area contributed by atoms with Crippen LogP contribution in [-0.4, -0.2) is 42.1 Å². The summed E-state index contributed by atoms with van der Waals surface area (Å²) in [7, 11) is 0. The summed E-state index contributed by atoms with van der Waals surface area (Å²) in [6.45, 7) is 3.55. The Morgan fingerprint density at radius 1 is 1.44 bits per heavy atom. The number of nitrogens with one attached hydrogen (secondary N) is 2. The molecule has 0 fully saturated rings. The fraction of sp³-hybridized carbons (Fsp3) is 0.389. The van der Waals surface area contributed by atoms with Gasteiger partial charge in [-0.15, -0.1) is 6.58 Å². The van der Waals surface area contributed by atoms with Crippen LogP contribution in [0.2, 0.25) is 0 Å². The van der Waals surface area contributed by atoms with Crippen LogP contribution in [0.25, 0.3) is 0 Å². The minimum atomic E-state index is -1.17. The van der Waals surface area contributed by atoms with E-state index in [0.717, 1.165) is 11.3 Å². The van der Waals surface area contributed by atoms with Gasteiger partial charge < -0.3 is 20.5 Å². The van der Waals surface area contributed by atoms with Gasteiger partial charge in [-0.25, -0.2) is 4.79 Å². The standard InChI is InChI=1S/C18H22N2O5/c1-2-9-25-11-15(18(23)24)19-16(21)8-7-13-10-12-5-3-4-6-14(12)20-17(13)22/h2-6,13,15H,1,7-11H2,(H,19,21)(H,20,22)(H,23,24). The summed E-state index contributed by atoms with van der Waals surface area (Å²) in [5.74, 6) is -2.00. The largest absolute Gasteiger partial charge is 0.480 e. The smallest absolute Gasteiger partial charge is 0.328 e. The van der Waals surface area contributed by atoms with Gasteiger partial charge in [0.05, 0.1) is 13.2 Å². The molecule has 134 valence electrons. The lowest BCUT2D eigenvalue weighted by Gasteiger charge is -2.24. The number of benzene rings is 1. The molecule has 1 aliphatic rings. The Balaban J connectivity index is 1.83. The van der Waals surface area contributed by atoms with Gasteiger partial charge in [0.2, 0.25) is 11.8 Å². The highest BCUT2D eigenvalue weighted by Gasteiger charge is 2.27. The van der Waals surface area contributed by atoms with Crippen LogP contribution >= 0.6 is 0 Å². The van der Waals surface area contributed by atoms with E-state index in [1.54, 1.807) is 0 Å². The highest BCUT2D eigenvalue weighted by molar-refractivity contribution is 5.96. The number of para-hydroxylation sites is 1. The molecule has 1 aliphatic heterocycles. The molecule has 2 amide bonds. The number of hydrogen-bond acceptors (Lipinski definition) is 4. The van der Waals surface area contributed by atoms with E-state index in [-0.39, 0.29) is 31.5 Å². The molecule has 2 rings (SSSR count). The minimum absolute atomic E-state index is 0.0749. The average Bonchev–Trinajstić information content (AvgIpc) is 2.59. The minimum Gasteiger partial charge on any atom is -0.480 e. The van der Waals surface area contributed by atoms with Gasteiger partial charge in [0.1, 0.15) is 0 Å². The van der Waals surface area contributed by atoms with E-state index in [4.69, 9.17) is 9.84 Å². The van der Waals surface area contributed by atoms with Crippen molar-refractivity contribution in [1.82, 2.24) is 5.32 Å². The molecule has 0 bridgehead atoms. The summed E-state index contributed by atoms with van der Waals surface area (Å²) in [4.78, 5) is 35.3. The fourth-order valence-electron chi connectivity index (χ4n) is 2.66. The number of rotatable bonds is 9. The quantitative estimate of drug-likeness (QED) is 0.462. The number of amides is 2. The Morgan fingerprint density at radius 2 is 2.20 bits per heavy atom. The van der Waals surface area contributed by atoms with E-state index in [9.17, 15) is 14.4 Å². The first-order valence-corrected chi connectivity index (χ1v) is 8.11. The summed E-state index contributed by atoms with van der Waals surface area (Å²) in [5, 5.41) is 14.4. The topological polar surface area (TPSA) is 105 Å². The maximum Gasteiger partial charge on any atom is 0.328 e. The van der Waals surface area contributed by atoms with Crippen molar-refractivity contribution in [2.45, 2.75) is 25.3 Å². The highest BCUT2D eigenvalue weighted by atomic mass is 16.5. The molecule has 0 aromatic heterocycles. The molecular formula is C18H22N2O5.